The molecule has 0 radical (unpaired) electrons. The van der Waals surface area contributed by atoms with Crippen molar-refractivity contribution >= 4 is 11.8 Å². The predicted molar refractivity (Wildman–Crippen MR) is 66.2 cm³/mol. The number of fused-ring (bicyclic) bond motifs is 1. The fourth-order valence-electron chi connectivity index (χ4n) is 4.69. The molecular formula is C15H18O4. The summed E-state index contributed by atoms with van der Waals surface area (Å²) in [6, 6.07) is 0. The molecule has 2 saturated heterocycles. The highest BCUT2D eigenvalue weighted by molar-refractivity contribution is 5.99. The average Bonchev–Trinajstić information content (AvgIpc) is 2.90. The van der Waals surface area contributed by atoms with Gasteiger partial charge in [0.15, 0.2) is 11.4 Å². The van der Waals surface area contributed by atoms with Crippen molar-refractivity contribution < 1.29 is 19.1 Å². The number of hydrogen-bond donors (Lipinski definition) is 0. The fourth-order valence-corrected chi connectivity index (χ4v) is 4.69. The normalized spacial score (nSPS) is 58.2. The second-order valence-corrected chi connectivity index (χ2v) is 6.82. The summed E-state index contributed by atoms with van der Waals surface area (Å²) in [5.41, 5.74) is -1.64. The first-order valence-corrected chi connectivity index (χ1v) is 7.00. The number of ether oxygens (including phenoxy) is 2. The zero-order valence-corrected chi connectivity index (χ0v) is 11.4. The molecule has 2 aliphatic heterocycles. The van der Waals surface area contributed by atoms with Gasteiger partial charge in [-0.2, -0.15) is 0 Å². The Bertz CT molecular complexity index is 538. The minimum atomic E-state index is -0.630. The molecule has 2 heterocycles. The van der Waals surface area contributed by atoms with Crippen LogP contribution in [-0.4, -0.2) is 29.1 Å². The van der Waals surface area contributed by atoms with Crippen molar-refractivity contribution in [3.8, 4) is 0 Å². The summed E-state index contributed by atoms with van der Waals surface area (Å²) in [6.45, 7) is 5.89. The maximum atomic E-state index is 12.4. The summed E-state index contributed by atoms with van der Waals surface area (Å²) in [5, 5.41) is 0. The number of hydrogen-bond acceptors (Lipinski definition) is 4. The first kappa shape index (κ1) is 11.6. The van der Waals surface area contributed by atoms with Crippen LogP contribution in [-0.2, 0) is 19.1 Å². The molecule has 1 spiro atoms. The Labute approximate surface area is 112 Å². The Kier molecular flexibility index (Phi) is 1.81. The van der Waals surface area contributed by atoms with Crippen molar-refractivity contribution in [3.63, 3.8) is 0 Å². The molecule has 0 N–H and O–H groups in total. The molecule has 4 rings (SSSR count). The second-order valence-electron chi connectivity index (χ2n) is 6.82. The topological polar surface area (TPSA) is 55.9 Å². The van der Waals surface area contributed by atoms with Crippen molar-refractivity contribution in [2.24, 2.45) is 17.3 Å². The maximum absolute atomic E-state index is 12.4. The van der Waals surface area contributed by atoms with E-state index in [9.17, 15) is 9.59 Å². The van der Waals surface area contributed by atoms with Crippen LogP contribution in [0.25, 0.3) is 0 Å². The van der Waals surface area contributed by atoms with Crippen LogP contribution >= 0.6 is 0 Å². The lowest BCUT2D eigenvalue weighted by Gasteiger charge is -2.46. The third kappa shape index (κ3) is 1.00. The van der Waals surface area contributed by atoms with Gasteiger partial charge in [0.2, 0.25) is 0 Å². The molecule has 0 amide bonds. The number of esters is 1. The molecule has 0 aromatic rings. The molecule has 2 aliphatic carbocycles. The van der Waals surface area contributed by atoms with Gasteiger partial charge in [-0.25, -0.2) is 0 Å². The van der Waals surface area contributed by atoms with E-state index >= 15 is 0 Å². The molecule has 4 nitrogen and oxygen atoms in total. The quantitative estimate of drug-likeness (QED) is 0.492. The molecule has 4 heteroatoms. The van der Waals surface area contributed by atoms with Crippen LogP contribution in [0.2, 0.25) is 0 Å². The van der Waals surface area contributed by atoms with Crippen LogP contribution in [0.15, 0.2) is 12.2 Å². The van der Waals surface area contributed by atoms with Crippen LogP contribution in [0.4, 0.5) is 0 Å². The summed E-state index contributed by atoms with van der Waals surface area (Å²) in [6.07, 6.45) is 4.85. The summed E-state index contributed by atoms with van der Waals surface area (Å²) < 4.78 is 11.7. The van der Waals surface area contributed by atoms with E-state index in [1.54, 1.807) is 6.08 Å². The molecule has 1 saturated carbocycles. The lowest BCUT2D eigenvalue weighted by atomic mass is 9.54. The molecule has 0 bridgehead atoms. The van der Waals surface area contributed by atoms with Crippen molar-refractivity contribution in [1.29, 1.82) is 0 Å². The monoisotopic (exact) mass is 262 g/mol. The number of ketones is 1. The Balaban J connectivity index is 1.87. The van der Waals surface area contributed by atoms with E-state index in [1.807, 2.05) is 26.8 Å². The Morgan fingerprint density at radius 2 is 2.05 bits per heavy atom. The fraction of sp³-hybridized carbons (Fsp3) is 0.733. The number of rotatable bonds is 0. The molecule has 102 valence electrons. The van der Waals surface area contributed by atoms with Gasteiger partial charge >= 0.3 is 5.97 Å². The van der Waals surface area contributed by atoms with E-state index in [1.165, 1.54) is 0 Å². The smallest absolute Gasteiger partial charge is 0.309 e. The van der Waals surface area contributed by atoms with Crippen LogP contribution in [0.1, 0.15) is 33.6 Å². The molecule has 6 unspecified atom stereocenters. The van der Waals surface area contributed by atoms with E-state index in [0.29, 0.717) is 0 Å². The number of epoxide rings is 1. The van der Waals surface area contributed by atoms with Gasteiger partial charge in [-0.15, -0.1) is 0 Å². The van der Waals surface area contributed by atoms with Crippen molar-refractivity contribution in [2.75, 3.05) is 0 Å². The lowest BCUT2D eigenvalue weighted by molar-refractivity contribution is -0.154. The summed E-state index contributed by atoms with van der Waals surface area (Å²) in [7, 11) is 0. The van der Waals surface area contributed by atoms with Crippen LogP contribution in [0.5, 0.6) is 0 Å². The van der Waals surface area contributed by atoms with Gasteiger partial charge in [0.25, 0.3) is 0 Å². The van der Waals surface area contributed by atoms with Crippen LogP contribution in [0, 0.1) is 17.3 Å². The predicted octanol–water partition coefficient (Wildman–Crippen LogP) is 1.63. The summed E-state index contributed by atoms with van der Waals surface area (Å²) in [5.74, 6) is 0.0603. The van der Waals surface area contributed by atoms with Gasteiger partial charge in [-0.1, -0.05) is 6.92 Å². The van der Waals surface area contributed by atoms with Gasteiger partial charge in [-0.3, -0.25) is 9.59 Å². The summed E-state index contributed by atoms with van der Waals surface area (Å²) >= 11 is 0. The minimum absolute atomic E-state index is 0.0848. The van der Waals surface area contributed by atoms with Crippen molar-refractivity contribution in [3.05, 3.63) is 12.2 Å². The zero-order valence-electron chi connectivity index (χ0n) is 11.4. The molecule has 0 aromatic heterocycles. The first-order chi connectivity index (χ1) is 8.86. The van der Waals surface area contributed by atoms with E-state index in [-0.39, 0.29) is 29.7 Å². The SMILES string of the molecule is CC1C(=O)OC2C1CCC1(C)C(=O)C=CC3(C)OC231. The number of carbonyl (C=O) groups is 2. The van der Waals surface area contributed by atoms with E-state index in [0.717, 1.165) is 12.8 Å². The number of allylic oxidation sites excluding steroid dienone is 1. The Morgan fingerprint density at radius 3 is 2.79 bits per heavy atom. The molecule has 6 atom stereocenters. The Hall–Kier alpha value is -1.16. The highest BCUT2D eigenvalue weighted by Gasteiger charge is 2.84. The number of carbonyl (C=O) groups excluding carboxylic acids is 2. The second kappa shape index (κ2) is 2.95. The van der Waals surface area contributed by atoms with E-state index in [2.05, 4.69) is 0 Å². The molecule has 0 aromatic carbocycles. The molecule has 4 aliphatic rings. The highest BCUT2D eigenvalue weighted by Crippen LogP contribution is 2.70. The zero-order chi connectivity index (χ0) is 13.6. The van der Waals surface area contributed by atoms with Crippen molar-refractivity contribution in [1.82, 2.24) is 0 Å². The third-order valence-corrected chi connectivity index (χ3v) is 6.01. The molecule has 3 fully saturated rings. The van der Waals surface area contributed by atoms with Gasteiger partial charge in [0.1, 0.15) is 11.7 Å². The molecule has 19 heavy (non-hydrogen) atoms. The molecular weight excluding hydrogens is 244 g/mol. The van der Waals surface area contributed by atoms with Gasteiger partial charge < -0.3 is 9.47 Å². The highest BCUT2D eigenvalue weighted by atomic mass is 16.7. The van der Waals surface area contributed by atoms with Crippen LogP contribution < -0.4 is 0 Å². The van der Waals surface area contributed by atoms with Crippen molar-refractivity contribution in [2.45, 2.75) is 50.9 Å². The standard InChI is InChI=1S/C15H18O4/c1-8-9-4-6-13(2)10(16)5-7-14(3)15(13,19-14)11(9)18-12(8)17/h5,7-9,11H,4,6H2,1-3H3. The average molecular weight is 262 g/mol. The van der Waals surface area contributed by atoms with Crippen LogP contribution in [0.3, 0.4) is 0 Å². The Morgan fingerprint density at radius 1 is 1.32 bits per heavy atom. The largest absolute Gasteiger partial charge is 0.459 e. The third-order valence-electron chi connectivity index (χ3n) is 6.01. The van der Waals surface area contributed by atoms with Gasteiger partial charge in [0, 0.05) is 5.92 Å². The first-order valence-electron chi connectivity index (χ1n) is 7.00. The van der Waals surface area contributed by atoms with Gasteiger partial charge in [-0.05, 0) is 38.8 Å². The summed E-state index contributed by atoms with van der Waals surface area (Å²) in [4.78, 5) is 24.3. The van der Waals surface area contributed by atoms with E-state index < -0.39 is 16.6 Å². The van der Waals surface area contributed by atoms with E-state index in [4.69, 9.17) is 9.47 Å². The maximum Gasteiger partial charge on any atom is 0.309 e. The van der Waals surface area contributed by atoms with Gasteiger partial charge in [0.05, 0.1) is 11.3 Å². The minimum Gasteiger partial charge on any atom is -0.459 e. The lowest BCUT2D eigenvalue weighted by Crippen LogP contribution is -2.59.